The maximum absolute atomic E-state index is 14.2. The van der Waals surface area contributed by atoms with E-state index in [1.165, 1.54) is 6.07 Å². The first kappa shape index (κ1) is 15.4. The van der Waals surface area contributed by atoms with E-state index in [0.29, 0.717) is 35.4 Å². The van der Waals surface area contributed by atoms with Crippen LogP contribution in [-0.2, 0) is 0 Å². The summed E-state index contributed by atoms with van der Waals surface area (Å²) in [5.41, 5.74) is 1.29. The van der Waals surface area contributed by atoms with Crippen LogP contribution in [0.15, 0.2) is 41.1 Å². The van der Waals surface area contributed by atoms with Crippen LogP contribution in [-0.4, -0.2) is 28.9 Å². The van der Waals surface area contributed by atoms with Crippen LogP contribution in [0, 0.1) is 9.39 Å². The lowest BCUT2D eigenvalue weighted by Gasteiger charge is -2.30. The number of likely N-dealkylation sites (tertiary alicyclic amines) is 1. The number of hydrogen-bond acceptors (Lipinski definition) is 4. The molecule has 0 aliphatic carbocycles. The van der Waals surface area contributed by atoms with Crippen LogP contribution in [0.25, 0.3) is 11.0 Å². The van der Waals surface area contributed by atoms with Gasteiger partial charge in [0.2, 0.25) is 5.76 Å². The van der Waals surface area contributed by atoms with Crippen molar-refractivity contribution >= 4 is 50.8 Å². The van der Waals surface area contributed by atoms with Gasteiger partial charge in [-0.3, -0.25) is 9.78 Å². The monoisotopic (exact) mass is 437 g/mol. The summed E-state index contributed by atoms with van der Waals surface area (Å²) in [6, 6.07) is 6.56. The number of fused-ring (bicyclic) bond motifs is 1. The van der Waals surface area contributed by atoms with Crippen molar-refractivity contribution in [2.45, 2.75) is 6.42 Å². The van der Waals surface area contributed by atoms with Crippen molar-refractivity contribution in [2.24, 2.45) is 0 Å². The lowest BCUT2D eigenvalue weighted by Crippen LogP contribution is -2.42. The number of halogens is 2. The van der Waals surface area contributed by atoms with Gasteiger partial charge in [0.25, 0.3) is 5.91 Å². The van der Waals surface area contributed by atoms with Gasteiger partial charge in [0.15, 0.2) is 0 Å². The molecule has 1 aliphatic heterocycles. The molecule has 1 N–H and O–H groups in total. The average molecular weight is 437 g/mol. The lowest BCUT2D eigenvalue weighted by molar-refractivity contribution is 0.0622. The largest absolute Gasteiger partial charge is 0.448 e. The number of furan rings is 1. The molecular weight excluding hydrogens is 424 g/mol. The highest BCUT2D eigenvalue weighted by Crippen LogP contribution is 2.35. The third-order valence-electron chi connectivity index (χ3n) is 4.02. The summed E-state index contributed by atoms with van der Waals surface area (Å²) in [5.74, 6) is -0.385. The Hall–Kier alpha value is -2.16. The molecule has 1 amide bonds. The Morgan fingerprint density at radius 1 is 1.33 bits per heavy atom. The molecule has 1 fully saturated rings. The Bertz CT molecular complexity index is 937. The van der Waals surface area contributed by atoms with Crippen molar-refractivity contribution in [3.05, 3.63) is 51.8 Å². The lowest BCUT2D eigenvalue weighted by atomic mass is 10.1. The number of hydrogen-bond donors (Lipinski definition) is 1. The fourth-order valence-corrected chi connectivity index (χ4v) is 3.06. The van der Waals surface area contributed by atoms with Crippen molar-refractivity contribution in [3.8, 4) is 0 Å². The molecule has 0 unspecified atom stereocenters. The molecular formula is C17H13FIN3O2. The van der Waals surface area contributed by atoms with E-state index in [4.69, 9.17) is 4.42 Å². The molecule has 0 bridgehead atoms. The van der Waals surface area contributed by atoms with Gasteiger partial charge in [-0.2, -0.15) is 0 Å². The molecule has 1 saturated heterocycles. The number of anilines is 2. The van der Waals surface area contributed by atoms with Gasteiger partial charge in [-0.15, -0.1) is 0 Å². The zero-order chi connectivity index (χ0) is 16.7. The topological polar surface area (TPSA) is 58.4 Å². The zero-order valence-corrected chi connectivity index (χ0v) is 14.7. The Balaban J connectivity index is 1.81. The fraction of sp³-hybridized carbons (Fsp3) is 0.176. The highest BCUT2D eigenvalue weighted by molar-refractivity contribution is 14.1. The SMILES string of the molecule is O=C(c1oc2ccncc2c1Nc1ccc(I)cc1F)N1CCC1. The number of nitrogens with one attached hydrogen (secondary N) is 1. The second-order valence-corrected chi connectivity index (χ2v) is 6.82. The summed E-state index contributed by atoms with van der Waals surface area (Å²) in [5, 5.41) is 3.67. The maximum atomic E-state index is 14.2. The summed E-state index contributed by atoms with van der Waals surface area (Å²) < 4.78 is 20.7. The Labute approximate surface area is 151 Å². The third-order valence-corrected chi connectivity index (χ3v) is 4.69. The molecule has 4 rings (SSSR count). The first-order valence-electron chi connectivity index (χ1n) is 7.51. The van der Waals surface area contributed by atoms with Crippen LogP contribution in [0.3, 0.4) is 0 Å². The van der Waals surface area contributed by atoms with E-state index in [2.05, 4.69) is 10.3 Å². The summed E-state index contributed by atoms with van der Waals surface area (Å²) in [6.07, 6.45) is 4.19. The van der Waals surface area contributed by atoms with Crippen LogP contribution in [0.4, 0.5) is 15.8 Å². The molecule has 122 valence electrons. The van der Waals surface area contributed by atoms with Crippen LogP contribution >= 0.6 is 22.6 Å². The zero-order valence-electron chi connectivity index (χ0n) is 12.6. The number of amides is 1. The molecule has 0 radical (unpaired) electrons. The van der Waals surface area contributed by atoms with E-state index in [9.17, 15) is 9.18 Å². The van der Waals surface area contributed by atoms with E-state index in [0.717, 1.165) is 9.99 Å². The minimum absolute atomic E-state index is 0.189. The summed E-state index contributed by atoms with van der Waals surface area (Å²) in [4.78, 5) is 18.4. The summed E-state index contributed by atoms with van der Waals surface area (Å²) in [6.45, 7) is 1.43. The van der Waals surface area contributed by atoms with Crippen molar-refractivity contribution in [1.82, 2.24) is 9.88 Å². The van der Waals surface area contributed by atoms with Crippen molar-refractivity contribution in [2.75, 3.05) is 18.4 Å². The van der Waals surface area contributed by atoms with E-state index in [1.54, 1.807) is 35.5 Å². The van der Waals surface area contributed by atoms with Gasteiger partial charge in [0.05, 0.1) is 11.1 Å². The fourth-order valence-electron chi connectivity index (χ4n) is 2.60. The van der Waals surface area contributed by atoms with Crippen LogP contribution in [0.1, 0.15) is 17.0 Å². The van der Waals surface area contributed by atoms with Crippen molar-refractivity contribution in [1.29, 1.82) is 0 Å². The van der Waals surface area contributed by atoms with Gasteiger partial charge >= 0.3 is 0 Å². The molecule has 0 spiro atoms. The molecule has 5 nitrogen and oxygen atoms in total. The summed E-state index contributed by atoms with van der Waals surface area (Å²) in [7, 11) is 0. The molecule has 7 heteroatoms. The Morgan fingerprint density at radius 3 is 2.88 bits per heavy atom. The number of carbonyl (C=O) groups excluding carboxylic acids is 1. The molecule has 24 heavy (non-hydrogen) atoms. The van der Waals surface area contributed by atoms with E-state index in [-0.39, 0.29) is 17.5 Å². The smallest absolute Gasteiger partial charge is 0.291 e. The quantitative estimate of drug-likeness (QED) is 0.626. The van der Waals surface area contributed by atoms with E-state index >= 15 is 0 Å². The average Bonchev–Trinajstić information content (AvgIpc) is 2.87. The molecule has 1 aliphatic rings. The molecule has 3 aromatic rings. The summed E-state index contributed by atoms with van der Waals surface area (Å²) >= 11 is 2.05. The van der Waals surface area contributed by atoms with Crippen molar-refractivity contribution < 1.29 is 13.6 Å². The predicted molar refractivity (Wildman–Crippen MR) is 96.9 cm³/mol. The molecule has 3 heterocycles. The van der Waals surface area contributed by atoms with Gasteiger partial charge in [-0.1, -0.05) is 0 Å². The van der Waals surface area contributed by atoms with Crippen molar-refractivity contribution in [3.63, 3.8) is 0 Å². The first-order chi connectivity index (χ1) is 11.6. The van der Waals surface area contributed by atoms with Gasteiger partial charge in [-0.25, -0.2) is 4.39 Å². The van der Waals surface area contributed by atoms with Gasteiger partial charge < -0.3 is 14.6 Å². The van der Waals surface area contributed by atoms with Gasteiger partial charge in [0, 0.05) is 29.1 Å². The van der Waals surface area contributed by atoms with Crippen LogP contribution in [0.2, 0.25) is 0 Å². The highest BCUT2D eigenvalue weighted by atomic mass is 127. The first-order valence-corrected chi connectivity index (χ1v) is 8.59. The second-order valence-electron chi connectivity index (χ2n) is 5.57. The minimum atomic E-state index is -0.387. The number of pyridine rings is 1. The van der Waals surface area contributed by atoms with E-state index < -0.39 is 0 Å². The molecule has 0 atom stereocenters. The Morgan fingerprint density at radius 2 is 2.17 bits per heavy atom. The number of nitrogens with zero attached hydrogens (tertiary/aromatic N) is 2. The second kappa shape index (κ2) is 6.04. The number of carbonyl (C=O) groups is 1. The maximum Gasteiger partial charge on any atom is 0.291 e. The number of benzene rings is 1. The predicted octanol–water partition coefficient (Wildman–Crippen LogP) is 4.16. The molecule has 0 saturated carbocycles. The minimum Gasteiger partial charge on any atom is -0.448 e. The Kier molecular flexibility index (Phi) is 3.87. The number of aromatic nitrogens is 1. The van der Waals surface area contributed by atoms with Crippen LogP contribution < -0.4 is 5.32 Å². The third kappa shape index (κ3) is 2.62. The van der Waals surface area contributed by atoms with Gasteiger partial charge in [-0.05, 0) is 53.3 Å². The van der Waals surface area contributed by atoms with Crippen LogP contribution in [0.5, 0.6) is 0 Å². The number of rotatable bonds is 3. The molecule has 1 aromatic carbocycles. The van der Waals surface area contributed by atoms with E-state index in [1.807, 2.05) is 22.6 Å². The standard InChI is InChI=1S/C17H13FIN3O2/c18-12-8-10(19)2-3-13(12)21-15-11-9-20-5-4-14(11)24-16(15)17(23)22-6-1-7-22/h2-5,8-9,21H,1,6-7H2. The normalized spacial score (nSPS) is 13.8. The molecule has 2 aromatic heterocycles. The highest BCUT2D eigenvalue weighted by Gasteiger charge is 2.29. The van der Waals surface area contributed by atoms with Gasteiger partial charge in [0.1, 0.15) is 17.1 Å².